The molecule has 0 bridgehead atoms. The number of hydrogen-bond acceptors (Lipinski definition) is 4. The fourth-order valence-corrected chi connectivity index (χ4v) is 4.92. The summed E-state index contributed by atoms with van der Waals surface area (Å²) in [5.74, 6) is 0.618. The minimum atomic E-state index is -3.76. The van der Waals surface area contributed by atoms with Crippen LogP contribution in [-0.4, -0.2) is 28.6 Å². The number of rotatable bonds is 9. The Balaban J connectivity index is 1.97. The summed E-state index contributed by atoms with van der Waals surface area (Å²) in [7, 11) is -2.20. The molecule has 0 spiro atoms. The lowest BCUT2D eigenvalue weighted by molar-refractivity contribution is 0.414. The van der Waals surface area contributed by atoms with Gasteiger partial charge in [-0.25, -0.2) is 8.42 Å². The number of sulfonamides is 1. The maximum atomic E-state index is 13.6. The number of hydrogen-bond donors (Lipinski definition) is 0. The molecular weight excluding hydrogens is 407 g/mol. The monoisotopic (exact) mass is 437 g/mol. The third-order valence-corrected chi connectivity index (χ3v) is 7.15. The molecule has 0 saturated heterocycles. The quantitative estimate of drug-likeness (QED) is 0.459. The normalized spacial score (nSPS) is 11.2. The molecule has 3 rings (SSSR count). The Morgan fingerprint density at radius 3 is 1.84 bits per heavy atom. The van der Waals surface area contributed by atoms with Gasteiger partial charge < -0.3 is 9.64 Å². The van der Waals surface area contributed by atoms with Gasteiger partial charge in [-0.05, 0) is 74.9 Å². The second kappa shape index (κ2) is 9.88. The van der Waals surface area contributed by atoms with E-state index in [0.29, 0.717) is 11.4 Å². The highest BCUT2D eigenvalue weighted by molar-refractivity contribution is 7.92. The molecule has 3 aromatic rings. The van der Waals surface area contributed by atoms with Crippen molar-refractivity contribution in [3.63, 3.8) is 0 Å². The van der Waals surface area contributed by atoms with Crippen LogP contribution >= 0.6 is 0 Å². The molecule has 0 N–H and O–H groups in total. The lowest BCUT2D eigenvalue weighted by atomic mass is 10.1. The molecule has 31 heavy (non-hydrogen) atoms. The molecule has 6 heteroatoms. The van der Waals surface area contributed by atoms with Crippen molar-refractivity contribution in [2.75, 3.05) is 29.4 Å². The highest BCUT2D eigenvalue weighted by atomic mass is 32.2. The SMILES string of the molecule is CCN(CC)c1ccc(CN(c2ccc(C)cc2)S(=O)(=O)c2ccc(O[11CH3])cc2)cc1. The van der Waals surface area contributed by atoms with Crippen LogP contribution in [0.2, 0.25) is 0 Å². The Labute approximate surface area is 185 Å². The summed E-state index contributed by atoms with van der Waals surface area (Å²) in [6, 6.07) is 22.1. The van der Waals surface area contributed by atoms with Gasteiger partial charge in [0.1, 0.15) is 5.75 Å². The van der Waals surface area contributed by atoms with Crippen LogP contribution in [-0.2, 0) is 16.6 Å². The topological polar surface area (TPSA) is 49.9 Å². The third-order valence-electron chi connectivity index (χ3n) is 5.36. The first-order valence-corrected chi connectivity index (χ1v) is 11.9. The Kier molecular flexibility index (Phi) is 7.23. The Hall–Kier alpha value is -2.99. The zero-order valence-electron chi connectivity index (χ0n) is 18.6. The number of methoxy groups -OCH3 is 1. The number of ether oxygens (including phenoxy) is 1. The van der Waals surface area contributed by atoms with E-state index in [2.05, 4.69) is 30.9 Å². The van der Waals surface area contributed by atoms with Crippen LogP contribution in [0.1, 0.15) is 25.0 Å². The van der Waals surface area contributed by atoms with Crippen LogP contribution in [0, 0.1) is 6.92 Å². The lowest BCUT2D eigenvalue weighted by Crippen LogP contribution is -2.30. The molecule has 0 saturated carbocycles. The van der Waals surface area contributed by atoms with Crippen molar-refractivity contribution in [1.82, 2.24) is 0 Å². The molecule has 5 nitrogen and oxygen atoms in total. The number of anilines is 2. The van der Waals surface area contributed by atoms with E-state index < -0.39 is 10.0 Å². The number of benzene rings is 3. The van der Waals surface area contributed by atoms with E-state index in [0.717, 1.165) is 29.9 Å². The molecule has 0 unspecified atom stereocenters. The van der Waals surface area contributed by atoms with Crippen molar-refractivity contribution in [1.29, 1.82) is 0 Å². The minimum absolute atomic E-state index is 0.230. The molecule has 0 aliphatic carbocycles. The first-order chi connectivity index (χ1) is 14.9. The highest BCUT2D eigenvalue weighted by Gasteiger charge is 2.25. The van der Waals surface area contributed by atoms with E-state index in [4.69, 9.17) is 4.74 Å². The predicted molar refractivity (Wildman–Crippen MR) is 128 cm³/mol. The van der Waals surface area contributed by atoms with E-state index >= 15 is 0 Å². The van der Waals surface area contributed by atoms with Crippen LogP contribution < -0.4 is 13.9 Å². The molecule has 0 amide bonds. The van der Waals surface area contributed by atoms with Crippen molar-refractivity contribution in [3.05, 3.63) is 83.9 Å². The first kappa shape index (κ1) is 22.7. The van der Waals surface area contributed by atoms with Gasteiger partial charge in [0.25, 0.3) is 10.0 Å². The summed E-state index contributed by atoms with van der Waals surface area (Å²) in [4.78, 5) is 2.49. The average molecular weight is 438 g/mol. The van der Waals surface area contributed by atoms with Crippen LogP contribution in [0.5, 0.6) is 5.75 Å². The fraction of sp³-hybridized carbons (Fsp3) is 0.280. The first-order valence-electron chi connectivity index (χ1n) is 10.5. The maximum Gasteiger partial charge on any atom is 0.264 e. The summed E-state index contributed by atoms with van der Waals surface area (Å²) in [6.07, 6.45) is 0. The molecule has 0 aliphatic rings. The zero-order valence-corrected chi connectivity index (χ0v) is 19.4. The molecule has 3 aromatic carbocycles. The van der Waals surface area contributed by atoms with Gasteiger partial charge in [0.15, 0.2) is 0 Å². The fourth-order valence-electron chi connectivity index (χ4n) is 3.47. The summed E-state index contributed by atoms with van der Waals surface area (Å²) >= 11 is 0. The van der Waals surface area contributed by atoms with E-state index in [1.165, 1.54) is 4.31 Å². The summed E-state index contributed by atoms with van der Waals surface area (Å²) < 4.78 is 33.8. The van der Waals surface area contributed by atoms with Gasteiger partial charge in [0, 0.05) is 18.8 Å². The standard InChI is InChI=1S/C25H30N2O3S/c1-5-26(6-2)22-13-9-21(10-14-22)19-27(23-11-7-20(3)8-12-23)31(28,29)25-17-15-24(30-4)16-18-25/h7-18H,5-6,19H2,1-4H3/i4-1. The second-order valence-corrected chi connectivity index (χ2v) is 9.22. The van der Waals surface area contributed by atoms with Gasteiger partial charge in [0.2, 0.25) is 0 Å². The summed E-state index contributed by atoms with van der Waals surface area (Å²) in [5.41, 5.74) is 3.77. The van der Waals surface area contributed by atoms with Crippen LogP contribution in [0.25, 0.3) is 0 Å². The molecule has 0 atom stereocenters. The van der Waals surface area contributed by atoms with Gasteiger partial charge in [-0.3, -0.25) is 4.31 Å². The van der Waals surface area contributed by atoms with Gasteiger partial charge in [-0.2, -0.15) is 0 Å². The molecule has 164 valence electrons. The van der Waals surface area contributed by atoms with Crippen LogP contribution in [0.4, 0.5) is 11.4 Å². The largest absolute Gasteiger partial charge is 0.497 e. The number of aryl methyl sites for hydroxylation is 1. The molecule has 0 heterocycles. The average Bonchev–Trinajstić information content (AvgIpc) is 2.80. The predicted octanol–water partition coefficient (Wildman–Crippen LogP) is 5.25. The van der Waals surface area contributed by atoms with E-state index in [1.807, 2.05) is 43.3 Å². The summed E-state index contributed by atoms with van der Waals surface area (Å²) in [6.45, 7) is 8.33. The highest BCUT2D eigenvalue weighted by Crippen LogP contribution is 2.28. The smallest absolute Gasteiger partial charge is 0.264 e. The summed E-state index contributed by atoms with van der Waals surface area (Å²) in [5, 5.41) is 0. The zero-order chi connectivity index (χ0) is 22.4. The van der Waals surface area contributed by atoms with Gasteiger partial charge >= 0.3 is 0 Å². The van der Waals surface area contributed by atoms with Crippen molar-refractivity contribution in [2.24, 2.45) is 0 Å². The van der Waals surface area contributed by atoms with Crippen LogP contribution in [0.15, 0.2) is 77.7 Å². The van der Waals surface area contributed by atoms with Gasteiger partial charge in [-0.1, -0.05) is 29.8 Å². The van der Waals surface area contributed by atoms with Crippen molar-refractivity contribution >= 4 is 21.4 Å². The second-order valence-electron chi connectivity index (χ2n) is 7.36. The molecule has 0 aliphatic heterocycles. The molecule has 0 radical (unpaired) electrons. The van der Waals surface area contributed by atoms with Crippen molar-refractivity contribution in [2.45, 2.75) is 32.2 Å². The Morgan fingerprint density at radius 2 is 1.32 bits per heavy atom. The van der Waals surface area contributed by atoms with E-state index in [-0.39, 0.29) is 11.4 Å². The van der Waals surface area contributed by atoms with Gasteiger partial charge in [0.05, 0.1) is 24.2 Å². The molecule has 0 aromatic heterocycles. The number of nitrogens with zero attached hydrogens (tertiary/aromatic N) is 2. The molecular formula is C25H30N2O3S. The van der Waals surface area contributed by atoms with Crippen molar-refractivity contribution in [3.8, 4) is 5.75 Å². The molecule has 0 fully saturated rings. The van der Waals surface area contributed by atoms with E-state index in [9.17, 15) is 8.42 Å². The lowest BCUT2D eigenvalue weighted by Gasteiger charge is -2.26. The minimum Gasteiger partial charge on any atom is -0.497 e. The van der Waals surface area contributed by atoms with Crippen molar-refractivity contribution < 1.29 is 13.2 Å². The van der Waals surface area contributed by atoms with Gasteiger partial charge in [-0.15, -0.1) is 0 Å². The maximum absolute atomic E-state index is 13.6. The van der Waals surface area contributed by atoms with E-state index in [1.54, 1.807) is 31.4 Å². The Bertz CT molecular complexity index is 1070. The third kappa shape index (κ3) is 5.20. The van der Waals surface area contributed by atoms with Crippen LogP contribution in [0.3, 0.4) is 0 Å². The Morgan fingerprint density at radius 1 is 0.774 bits per heavy atom.